The molecule has 1 unspecified atom stereocenters. The van der Waals surface area contributed by atoms with E-state index in [1.807, 2.05) is 6.07 Å². The molecule has 1 aliphatic heterocycles. The molecule has 2 aromatic heterocycles. The van der Waals surface area contributed by atoms with Crippen molar-refractivity contribution in [2.45, 2.75) is 50.7 Å². The van der Waals surface area contributed by atoms with Gasteiger partial charge in [0.25, 0.3) is 5.89 Å². The maximum Gasteiger partial charge on any atom is 0.258 e. The Hall–Kier alpha value is -2.61. The highest BCUT2D eigenvalue weighted by atomic mass is 16.5. The highest BCUT2D eigenvalue weighted by Gasteiger charge is 2.55. The average Bonchev–Trinajstić information content (AvgIpc) is 3.46. The van der Waals surface area contributed by atoms with Crippen LogP contribution in [0.15, 0.2) is 47.2 Å². The minimum Gasteiger partial charge on any atom is -0.381 e. The molecule has 2 fully saturated rings. The van der Waals surface area contributed by atoms with E-state index >= 15 is 0 Å². The van der Waals surface area contributed by atoms with E-state index < -0.39 is 11.2 Å². The van der Waals surface area contributed by atoms with Crippen molar-refractivity contribution in [3.8, 4) is 11.4 Å². The van der Waals surface area contributed by atoms with Gasteiger partial charge >= 0.3 is 0 Å². The van der Waals surface area contributed by atoms with E-state index in [-0.39, 0.29) is 11.3 Å². The lowest BCUT2D eigenvalue weighted by Gasteiger charge is -2.55. The molecular weight excluding hydrogens is 404 g/mol. The van der Waals surface area contributed by atoms with Gasteiger partial charge in [-0.1, -0.05) is 36.3 Å². The number of aliphatic hydroxyl groups is 2. The van der Waals surface area contributed by atoms with Gasteiger partial charge < -0.3 is 19.6 Å². The van der Waals surface area contributed by atoms with Gasteiger partial charge in [-0.15, -0.1) is 0 Å². The molecule has 168 valence electrons. The fourth-order valence-electron chi connectivity index (χ4n) is 5.00. The molecule has 0 amide bonds. The van der Waals surface area contributed by atoms with Crippen LogP contribution in [0.4, 0.5) is 0 Å². The van der Waals surface area contributed by atoms with Crippen LogP contribution in [-0.4, -0.2) is 50.4 Å². The van der Waals surface area contributed by atoms with Crippen LogP contribution in [-0.2, 0) is 11.2 Å². The van der Waals surface area contributed by atoms with Crippen LogP contribution in [0.3, 0.4) is 0 Å². The number of hydrogen-bond acceptors (Lipinski definition) is 7. The number of rotatable bonds is 6. The normalized spacial score (nSPS) is 20.6. The molecule has 0 spiro atoms. The van der Waals surface area contributed by atoms with Crippen molar-refractivity contribution in [1.82, 2.24) is 20.0 Å². The van der Waals surface area contributed by atoms with Crippen molar-refractivity contribution in [3.63, 3.8) is 0 Å². The molecule has 1 saturated carbocycles. The molecule has 5 rings (SSSR count). The molecule has 3 aromatic rings. The standard InChI is InChI=1S/C25H30N4O3/c1-23(2,30)22-27-21(28-32-22)18-11-20(13-26-12-18)25(31,24(3)14-29(4)15-24)19-9-7-17(8-10-19)16-5-6-16/h7-13,16,30-31H,5-6,14-15H2,1-4H3. The van der Waals surface area contributed by atoms with Crippen LogP contribution in [0.5, 0.6) is 0 Å². The van der Waals surface area contributed by atoms with Crippen LogP contribution in [0.1, 0.15) is 62.1 Å². The van der Waals surface area contributed by atoms with Gasteiger partial charge in [0.05, 0.1) is 0 Å². The Morgan fingerprint density at radius 1 is 1.06 bits per heavy atom. The number of aromatic nitrogens is 3. The predicted octanol–water partition coefficient (Wildman–Crippen LogP) is 3.42. The van der Waals surface area contributed by atoms with Gasteiger partial charge in [0.1, 0.15) is 11.2 Å². The van der Waals surface area contributed by atoms with Crippen LogP contribution in [0, 0.1) is 5.41 Å². The first kappa shape index (κ1) is 21.2. The second-order valence-corrected chi connectivity index (χ2v) is 10.3. The van der Waals surface area contributed by atoms with Crippen LogP contribution >= 0.6 is 0 Å². The third kappa shape index (κ3) is 3.45. The topological polar surface area (TPSA) is 95.5 Å². The molecule has 1 aliphatic carbocycles. The Kier molecular flexibility index (Phi) is 4.78. The molecule has 2 aliphatic rings. The van der Waals surface area contributed by atoms with E-state index in [4.69, 9.17) is 4.52 Å². The Morgan fingerprint density at radius 3 is 2.31 bits per heavy atom. The fourth-order valence-corrected chi connectivity index (χ4v) is 5.00. The van der Waals surface area contributed by atoms with E-state index in [2.05, 4.69) is 58.3 Å². The zero-order chi connectivity index (χ0) is 22.7. The minimum absolute atomic E-state index is 0.136. The summed E-state index contributed by atoms with van der Waals surface area (Å²) in [5.41, 5.74) is 0.688. The Balaban J connectivity index is 1.58. The van der Waals surface area contributed by atoms with E-state index in [9.17, 15) is 10.2 Å². The monoisotopic (exact) mass is 434 g/mol. The van der Waals surface area contributed by atoms with Crippen LogP contribution in [0.2, 0.25) is 0 Å². The Bertz CT molecular complexity index is 1120. The smallest absolute Gasteiger partial charge is 0.258 e. The molecule has 2 N–H and O–H groups in total. The van der Waals surface area contributed by atoms with Crippen molar-refractivity contribution in [2.24, 2.45) is 5.41 Å². The highest BCUT2D eigenvalue weighted by Crippen LogP contribution is 2.51. The Morgan fingerprint density at radius 2 is 1.75 bits per heavy atom. The molecule has 3 heterocycles. The zero-order valence-corrected chi connectivity index (χ0v) is 19.0. The van der Waals surface area contributed by atoms with Gasteiger partial charge in [0.2, 0.25) is 5.82 Å². The van der Waals surface area contributed by atoms with Gasteiger partial charge in [-0.2, -0.15) is 4.98 Å². The van der Waals surface area contributed by atoms with Crippen molar-refractivity contribution in [2.75, 3.05) is 20.1 Å². The lowest BCUT2D eigenvalue weighted by atomic mass is 9.62. The highest BCUT2D eigenvalue weighted by molar-refractivity contribution is 5.56. The zero-order valence-electron chi connectivity index (χ0n) is 19.0. The molecule has 1 aromatic carbocycles. The fraction of sp³-hybridized carbons (Fsp3) is 0.480. The largest absolute Gasteiger partial charge is 0.381 e. The molecular formula is C25H30N4O3. The lowest BCUT2D eigenvalue weighted by Crippen LogP contribution is -2.63. The summed E-state index contributed by atoms with van der Waals surface area (Å²) >= 11 is 0. The second kappa shape index (κ2) is 7.20. The molecule has 1 atom stereocenters. The first-order chi connectivity index (χ1) is 15.1. The summed E-state index contributed by atoms with van der Waals surface area (Å²) in [6.07, 6.45) is 5.86. The number of nitrogens with zero attached hydrogens (tertiary/aromatic N) is 4. The average molecular weight is 435 g/mol. The van der Waals surface area contributed by atoms with Crippen molar-refractivity contribution in [3.05, 3.63) is 65.3 Å². The SMILES string of the molecule is CN1CC(C)(C(O)(c2ccc(C3CC3)cc2)c2cncc(-c3noc(C(C)(C)O)n3)c2)C1. The number of pyridine rings is 1. The number of hydrogen-bond donors (Lipinski definition) is 2. The van der Waals surface area contributed by atoms with E-state index in [0.29, 0.717) is 22.9 Å². The number of likely N-dealkylation sites (tertiary alicyclic amines) is 1. The minimum atomic E-state index is -1.23. The number of benzene rings is 1. The van der Waals surface area contributed by atoms with E-state index in [1.165, 1.54) is 18.4 Å². The summed E-state index contributed by atoms with van der Waals surface area (Å²) in [6.45, 7) is 6.84. The van der Waals surface area contributed by atoms with Crippen molar-refractivity contribution in [1.29, 1.82) is 0 Å². The molecule has 7 nitrogen and oxygen atoms in total. The summed E-state index contributed by atoms with van der Waals surface area (Å²) < 4.78 is 5.24. The van der Waals surface area contributed by atoms with Crippen LogP contribution in [0.25, 0.3) is 11.4 Å². The molecule has 7 heteroatoms. The maximum absolute atomic E-state index is 12.3. The van der Waals surface area contributed by atoms with Gasteiger partial charge in [0, 0.05) is 42.0 Å². The van der Waals surface area contributed by atoms with Gasteiger partial charge in [0.15, 0.2) is 0 Å². The Labute approximate surface area is 188 Å². The summed E-state index contributed by atoms with van der Waals surface area (Å²) in [4.78, 5) is 11.0. The third-order valence-electron chi connectivity index (χ3n) is 6.85. The van der Waals surface area contributed by atoms with Gasteiger partial charge in [-0.3, -0.25) is 4.98 Å². The lowest BCUT2D eigenvalue weighted by molar-refractivity contribution is -0.127. The van der Waals surface area contributed by atoms with Crippen LogP contribution < -0.4 is 0 Å². The summed E-state index contributed by atoms with van der Waals surface area (Å²) in [5.74, 6) is 1.13. The summed E-state index contributed by atoms with van der Waals surface area (Å²) in [5, 5.41) is 26.5. The molecule has 0 bridgehead atoms. The molecule has 1 saturated heterocycles. The van der Waals surface area contributed by atoms with E-state index in [0.717, 1.165) is 18.7 Å². The van der Waals surface area contributed by atoms with Gasteiger partial charge in [-0.05, 0) is 56.8 Å². The first-order valence-electron chi connectivity index (χ1n) is 11.1. The van der Waals surface area contributed by atoms with Crippen molar-refractivity contribution < 1.29 is 14.7 Å². The van der Waals surface area contributed by atoms with E-state index in [1.54, 1.807) is 26.2 Å². The van der Waals surface area contributed by atoms with Crippen molar-refractivity contribution >= 4 is 0 Å². The van der Waals surface area contributed by atoms with Gasteiger partial charge in [-0.25, -0.2) is 0 Å². The molecule has 32 heavy (non-hydrogen) atoms. The second-order valence-electron chi connectivity index (χ2n) is 10.3. The summed E-state index contributed by atoms with van der Waals surface area (Å²) in [7, 11) is 2.06. The predicted molar refractivity (Wildman–Crippen MR) is 120 cm³/mol. The molecule has 0 radical (unpaired) electrons. The maximum atomic E-state index is 12.3. The third-order valence-corrected chi connectivity index (χ3v) is 6.85. The summed E-state index contributed by atoms with van der Waals surface area (Å²) in [6, 6.07) is 10.3. The first-order valence-corrected chi connectivity index (χ1v) is 11.1. The quantitative estimate of drug-likeness (QED) is 0.614.